The number of quaternary nitrogens is 1. The van der Waals surface area contributed by atoms with Gasteiger partial charge in [0.1, 0.15) is 13.2 Å². The van der Waals surface area contributed by atoms with Gasteiger partial charge in [-0.15, -0.1) is 0 Å². The highest BCUT2D eigenvalue weighted by atomic mass is 31.2. The molecule has 0 aromatic rings. The molecular weight excluding hydrogens is 707 g/mol. The summed E-state index contributed by atoms with van der Waals surface area (Å²) in [6.45, 7) is 4.79. The van der Waals surface area contributed by atoms with Gasteiger partial charge in [0, 0.05) is 6.42 Å². The Balaban J connectivity index is 4.49. The van der Waals surface area contributed by atoms with Gasteiger partial charge in [-0.2, -0.15) is 0 Å². The van der Waals surface area contributed by atoms with Gasteiger partial charge in [0.2, 0.25) is 5.91 Å². The zero-order valence-electron chi connectivity index (χ0n) is 36.1. The minimum atomic E-state index is -4.34. The summed E-state index contributed by atoms with van der Waals surface area (Å²) < 4.78 is 23.5. The molecule has 0 rings (SSSR count). The average molecular weight is 794 g/mol. The first-order valence-corrected chi connectivity index (χ1v) is 23.6. The molecule has 0 spiro atoms. The third kappa shape index (κ3) is 40.2. The number of aliphatic hydroxyl groups excluding tert-OH is 1. The maximum Gasteiger partial charge on any atom is 0.472 e. The molecule has 0 aromatic carbocycles. The van der Waals surface area contributed by atoms with Crippen molar-refractivity contribution in [1.29, 1.82) is 0 Å². The quantitative estimate of drug-likeness (QED) is 0.0248. The van der Waals surface area contributed by atoms with E-state index in [4.69, 9.17) is 9.05 Å². The number of nitrogens with one attached hydrogen (secondary N) is 1. The van der Waals surface area contributed by atoms with Gasteiger partial charge in [-0.1, -0.05) is 152 Å². The fourth-order valence-corrected chi connectivity index (χ4v) is 6.65. The van der Waals surface area contributed by atoms with Crippen LogP contribution in [0.1, 0.15) is 174 Å². The van der Waals surface area contributed by atoms with Crippen molar-refractivity contribution in [2.45, 2.75) is 187 Å². The Hall–Kier alpha value is -1.80. The smallest absolute Gasteiger partial charge is 0.391 e. The highest BCUT2D eigenvalue weighted by Crippen LogP contribution is 2.43. The second-order valence-electron chi connectivity index (χ2n) is 16.1. The van der Waals surface area contributed by atoms with Gasteiger partial charge >= 0.3 is 7.82 Å². The van der Waals surface area contributed by atoms with Crippen molar-refractivity contribution in [3.63, 3.8) is 0 Å². The first-order valence-electron chi connectivity index (χ1n) is 22.2. The summed E-state index contributed by atoms with van der Waals surface area (Å²) in [5.41, 5.74) is 0. The van der Waals surface area contributed by atoms with Crippen LogP contribution in [0.4, 0.5) is 0 Å². The zero-order chi connectivity index (χ0) is 40.7. The summed E-state index contributed by atoms with van der Waals surface area (Å²) in [7, 11) is 1.55. The molecule has 0 aliphatic carbocycles. The van der Waals surface area contributed by atoms with Gasteiger partial charge in [-0.05, 0) is 77.0 Å². The Labute approximate surface area is 339 Å². The van der Waals surface area contributed by atoms with Gasteiger partial charge in [0.05, 0.1) is 39.9 Å². The molecule has 0 aliphatic rings. The summed E-state index contributed by atoms with van der Waals surface area (Å²) in [5, 5.41) is 13.9. The number of allylic oxidation sites excluding steroid dienone is 10. The number of rotatable bonds is 39. The van der Waals surface area contributed by atoms with E-state index in [9.17, 15) is 19.4 Å². The number of hydrogen-bond acceptors (Lipinski definition) is 5. The number of amides is 1. The van der Waals surface area contributed by atoms with E-state index in [2.05, 4.69) is 79.9 Å². The normalized spacial score (nSPS) is 15.0. The molecule has 3 atom stereocenters. The lowest BCUT2D eigenvalue weighted by Crippen LogP contribution is -2.46. The molecule has 0 saturated heterocycles. The van der Waals surface area contributed by atoms with Crippen LogP contribution in [-0.4, -0.2) is 73.4 Å². The van der Waals surface area contributed by atoms with Crippen LogP contribution in [0.2, 0.25) is 0 Å². The van der Waals surface area contributed by atoms with Crippen LogP contribution in [0.15, 0.2) is 60.8 Å². The number of phosphoric acid groups is 1. The number of phosphoric ester groups is 1. The molecular formula is C46H86N2O6P+. The van der Waals surface area contributed by atoms with E-state index < -0.39 is 20.0 Å². The standard InChI is InChI=1S/C46H85N2O6P/c1-6-8-10-12-14-16-18-20-21-22-23-24-25-26-27-28-30-32-34-36-38-40-46(50)47-44(43-54-55(51,52)53-42-41-48(3,4)5)45(49)39-37-35-33-31-29-19-17-15-13-11-9-7-2/h21-22,24-25,27-29,31-32,34,44-45,49H,6-20,23,26,30,33,35-43H2,1-5H3,(H-,47,50,51,52)/p+1/b22-21+,25-24+,28-27+,31-29+,34-32+/t44-,45+/m0/s1. The van der Waals surface area contributed by atoms with E-state index in [1.54, 1.807) is 0 Å². The van der Waals surface area contributed by atoms with Crippen molar-refractivity contribution in [2.24, 2.45) is 0 Å². The third-order valence-corrected chi connectivity index (χ3v) is 10.5. The first kappa shape index (κ1) is 53.2. The van der Waals surface area contributed by atoms with Crippen LogP contribution in [0.5, 0.6) is 0 Å². The van der Waals surface area contributed by atoms with Gasteiger partial charge in [0.25, 0.3) is 0 Å². The van der Waals surface area contributed by atoms with Crippen molar-refractivity contribution in [1.82, 2.24) is 5.32 Å². The van der Waals surface area contributed by atoms with Gasteiger partial charge in [-0.25, -0.2) is 4.57 Å². The summed E-state index contributed by atoms with van der Waals surface area (Å²) in [6.07, 6.45) is 48.4. The lowest BCUT2D eigenvalue weighted by atomic mass is 10.0. The fourth-order valence-electron chi connectivity index (χ4n) is 5.91. The van der Waals surface area contributed by atoms with Crippen LogP contribution in [0.25, 0.3) is 0 Å². The van der Waals surface area contributed by atoms with Gasteiger partial charge in [0.15, 0.2) is 0 Å². The maximum absolute atomic E-state index is 12.8. The van der Waals surface area contributed by atoms with E-state index >= 15 is 0 Å². The number of nitrogens with zero attached hydrogens (tertiary/aromatic N) is 1. The molecule has 0 radical (unpaired) electrons. The first-order chi connectivity index (χ1) is 26.5. The molecule has 320 valence electrons. The molecule has 55 heavy (non-hydrogen) atoms. The number of unbranched alkanes of at least 4 members (excludes halogenated alkanes) is 16. The molecule has 0 aliphatic heterocycles. The largest absolute Gasteiger partial charge is 0.472 e. The zero-order valence-corrected chi connectivity index (χ0v) is 37.0. The van der Waals surface area contributed by atoms with Crippen molar-refractivity contribution in [2.75, 3.05) is 40.9 Å². The van der Waals surface area contributed by atoms with Crippen molar-refractivity contribution >= 4 is 13.7 Å². The summed E-state index contributed by atoms with van der Waals surface area (Å²) >= 11 is 0. The monoisotopic (exact) mass is 794 g/mol. The Bertz CT molecular complexity index is 1080. The van der Waals surface area contributed by atoms with Crippen molar-refractivity contribution < 1.29 is 32.9 Å². The number of likely N-dealkylation sites (N-methyl/N-ethyl adjacent to an activating group) is 1. The van der Waals surface area contributed by atoms with Crippen LogP contribution < -0.4 is 5.32 Å². The number of carbonyl (C=O) groups is 1. The number of hydrogen-bond donors (Lipinski definition) is 3. The van der Waals surface area contributed by atoms with Gasteiger partial charge < -0.3 is 19.8 Å². The number of aliphatic hydroxyl groups is 1. The molecule has 8 nitrogen and oxygen atoms in total. The van der Waals surface area contributed by atoms with E-state index in [1.165, 1.54) is 89.9 Å². The Kier molecular flexibility index (Phi) is 36.5. The second kappa shape index (κ2) is 37.8. The predicted octanol–water partition coefficient (Wildman–Crippen LogP) is 12.2. The molecule has 1 amide bonds. The van der Waals surface area contributed by atoms with Crippen LogP contribution in [0.3, 0.4) is 0 Å². The van der Waals surface area contributed by atoms with Crippen LogP contribution >= 0.6 is 7.82 Å². The van der Waals surface area contributed by atoms with Crippen molar-refractivity contribution in [3.05, 3.63) is 60.8 Å². The fraction of sp³-hybridized carbons (Fsp3) is 0.761. The second-order valence-corrected chi connectivity index (χ2v) is 17.5. The summed E-state index contributed by atoms with van der Waals surface area (Å²) in [4.78, 5) is 23.1. The molecule has 9 heteroatoms. The minimum absolute atomic E-state index is 0.0564. The lowest BCUT2D eigenvalue weighted by molar-refractivity contribution is -0.870. The molecule has 0 heterocycles. The highest BCUT2D eigenvalue weighted by Gasteiger charge is 2.28. The average Bonchev–Trinajstić information content (AvgIpc) is 3.13. The highest BCUT2D eigenvalue weighted by molar-refractivity contribution is 7.47. The summed E-state index contributed by atoms with van der Waals surface area (Å²) in [5.74, 6) is -0.211. The molecule has 1 unspecified atom stereocenters. The third-order valence-electron chi connectivity index (χ3n) is 9.49. The summed E-state index contributed by atoms with van der Waals surface area (Å²) in [6, 6.07) is -0.807. The Morgan fingerprint density at radius 1 is 0.618 bits per heavy atom. The van der Waals surface area contributed by atoms with E-state index in [-0.39, 0.29) is 19.1 Å². The van der Waals surface area contributed by atoms with Crippen LogP contribution in [-0.2, 0) is 18.4 Å². The molecule has 3 N–H and O–H groups in total. The predicted molar refractivity (Wildman–Crippen MR) is 235 cm³/mol. The van der Waals surface area contributed by atoms with E-state index in [0.29, 0.717) is 30.3 Å². The topological polar surface area (TPSA) is 105 Å². The SMILES string of the molecule is CCCCCCCC/C=C/CCCC[C@@H](O)[C@H](COP(=O)(O)OCC[N+](C)(C)C)NC(=O)CCC/C=C/C/C=C/C/C=C/C/C=C/CCCCCCCCC. The Morgan fingerprint density at radius 2 is 1.04 bits per heavy atom. The molecule has 0 aromatic heterocycles. The Morgan fingerprint density at radius 3 is 1.53 bits per heavy atom. The van der Waals surface area contributed by atoms with Crippen LogP contribution in [0, 0.1) is 0 Å². The van der Waals surface area contributed by atoms with E-state index in [1.807, 2.05) is 21.1 Å². The number of carbonyl (C=O) groups excluding carboxylic acids is 1. The molecule has 0 fully saturated rings. The molecule has 0 saturated carbocycles. The lowest BCUT2D eigenvalue weighted by Gasteiger charge is -2.26. The van der Waals surface area contributed by atoms with E-state index in [0.717, 1.165) is 51.4 Å². The molecule has 0 bridgehead atoms. The minimum Gasteiger partial charge on any atom is -0.391 e. The van der Waals surface area contributed by atoms with Gasteiger partial charge in [-0.3, -0.25) is 13.8 Å². The van der Waals surface area contributed by atoms with Crippen molar-refractivity contribution in [3.8, 4) is 0 Å². The maximum atomic E-state index is 12.8.